The summed E-state index contributed by atoms with van der Waals surface area (Å²) in [5, 5.41) is 9.96. The number of aliphatic hydroxyl groups is 1. The third-order valence-corrected chi connectivity index (χ3v) is 7.23. The standard InChI is InChI=1S/C27H41NO3/c1-20-22(10-8-13-25(20)31-21(2)29)14-15-24-12-9-18-27(5)23(16-19-28(24)27)11-6-7-17-26(3,4)30/h14-16,25,30H,1,6-13,17-19H2,2-5H3/b22-14-,24-15+/t25-,27+/m0/s1. The molecular weight excluding hydrogens is 386 g/mol. The largest absolute Gasteiger partial charge is 0.458 e. The summed E-state index contributed by atoms with van der Waals surface area (Å²) in [6.07, 6.45) is 17.4. The van der Waals surface area contributed by atoms with Crippen molar-refractivity contribution < 1.29 is 14.6 Å². The van der Waals surface area contributed by atoms with E-state index in [1.807, 2.05) is 13.8 Å². The Kier molecular flexibility index (Phi) is 7.51. The Labute approximate surface area is 188 Å². The van der Waals surface area contributed by atoms with Gasteiger partial charge in [0.1, 0.15) is 6.10 Å². The fourth-order valence-corrected chi connectivity index (χ4v) is 5.43. The van der Waals surface area contributed by atoms with E-state index < -0.39 is 5.60 Å². The number of fused-ring (bicyclic) bond motifs is 1. The molecule has 2 fully saturated rings. The van der Waals surface area contributed by atoms with Crippen LogP contribution in [0.2, 0.25) is 0 Å². The number of carbonyl (C=O) groups excluding carboxylic acids is 1. The Morgan fingerprint density at radius 1 is 1.32 bits per heavy atom. The number of unbranched alkanes of at least 4 members (excludes halogenated alkanes) is 1. The van der Waals surface area contributed by atoms with Gasteiger partial charge in [-0.2, -0.15) is 0 Å². The van der Waals surface area contributed by atoms with Gasteiger partial charge in [0.15, 0.2) is 0 Å². The second-order valence-electron chi connectivity index (χ2n) is 10.4. The summed E-state index contributed by atoms with van der Waals surface area (Å²) in [5.74, 6) is -0.230. The summed E-state index contributed by atoms with van der Waals surface area (Å²) in [7, 11) is 0. The third-order valence-electron chi connectivity index (χ3n) is 7.23. The molecule has 1 aliphatic carbocycles. The molecule has 0 unspecified atom stereocenters. The summed E-state index contributed by atoms with van der Waals surface area (Å²) in [4.78, 5) is 14.0. The van der Waals surface area contributed by atoms with Crippen LogP contribution in [-0.2, 0) is 9.53 Å². The van der Waals surface area contributed by atoms with Gasteiger partial charge in [0.05, 0.1) is 11.1 Å². The quantitative estimate of drug-likeness (QED) is 0.308. The van der Waals surface area contributed by atoms with E-state index in [2.05, 4.69) is 36.6 Å². The Morgan fingerprint density at radius 3 is 2.81 bits per heavy atom. The number of carbonyl (C=O) groups is 1. The first-order valence-electron chi connectivity index (χ1n) is 12.1. The van der Waals surface area contributed by atoms with Gasteiger partial charge in [-0.05, 0) is 101 Å². The predicted octanol–water partition coefficient (Wildman–Crippen LogP) is 5.98. The number of hydrogen-bond acceptors (Lipinski definition) is 4. The van der Waals surface area contributed by atoms with Crippen molar-refractivity contribution in [1.29, 1.82) is 0 Å². The molecule has 1 saturated carbocycles. The van der Waals surface area contributed by atoms with Gasteiger partial charge in [-0.25, -0.2) is 0 Å². The summed E-state index contributed by atoms with van der Waals surface area (Å²) in [6, 6.07) is 0. The molecule has 0 bridgehead atoms. The molecule has 31 heavy (non-hydrogen) atoms. The highest BCUT2D eigenvalue weighted by molar-refractivity contribution is 5.66. The first-order chi connectivity index (χ1) is 14.6. The topological polar surface area (TPSA) is 49.8 Å². The van der Waals surface area contributed by atoms with Crippen molar-refractivity contribution >= 4 is 5.97 Å². The van der Waals surface area contributed by atoms with Crippen molar-refractivity contribution in [2.75, 3.05) is 6.54 Å². The van der Waals surface area contributed by atoms with E-state index in [1.165, 1.54) is 31.0 Å². The zero-order valence-electron chi connectivity index (χ0n) is 20.0. The predicted molar refractivity (Wildman–Crippen MR) is 127 cm³/mol. The lowest BCUT2D eigenvalue weighted by atomic mass is 9.80. The van der Waals surface area contributed by atoms with Crippen LogP contribution in [0.4, 0.5) is 0 Å². The first kappa shape index (κ1) is 23.8. The molecule has 3 aliphatic rings. The van der Waals surface area contributed by atoms with Crippen molar-refractivity contribution in [2.24, 2.45) is 0 Å². The molecule has 0 aromatic rings. The zero-order valence-corrected chi connectivity index (χ0v) is 20.0. The van der Waals surface area contributed by atoms with Crippen LogP contribution in [0.15, 0.2) is 47.2 Å². The summed E-state index contributed by atoms with van der Waals surface area (Å²) in [6.45, 7) is 12.9. The number of ether oxygens (including phenoxy) is 1. The zero-order chi connectivity index (χ0) is 22.6. The third kappa shape index (κ3) is 5.91. The minimum Gasteiger partial charge on any atom is -0.458 e. The Balaban J connectivity index is 1.65. The minimum absolute atomic E-state index is 0.126. The number of nitrogens with zero attached hydrogens (tertiary/aromatic N) is 1. The molecule has 4 heteroatoms. The lowest BCUT2D eigenvalue weighted by Crippen LogP contribution is -2.45. The molecule has 0 amide bonds. The molecule has 2 heterocycles. The van der Waals surface area contributed by atoms with Gasteiger partial charge in [0, 0.05) is 19.2 Å². The van der Waals surface area contributed by atoms with Crippen LogP contribution < -0.4 is 0 Å². The molecule has 0 aromatic heterocycles. The number of rotatable bonds is 7. The summed E-state index contributed by atoms with van der Waals surface area (Å²) >= 11 is 0. The highest BCUT2D eigenvalue weighted by atomic mass is 16.5. The summed E-state index contributed by atoms with van der Waals surface area (Å²) in [5.41, 5.74) is 4.72. The molecule has 172 valence electrons. The second kappa shape index (κ2) is 9.77. The van der Waals surface area contributed by atoms with Gasteiger partial charge in [-0.3, -0.25) is 4.79 Å². The Morgan fingerprint density at radius 2 is 2.10 bits per heavy atom. The van der Waals surface area contributed by atoms with Gasteiger partial charge < -0.3 is 14.7 Å². The van der Waals surface area contributed by atoms with Gasteiger partial charge in [0.25, 0.3) is 0 Å². The van der Waals surface area contributed by atoms with Gasteiger partial charge in [-0.1, -0.05) is 25.2 Å². The van der Waals surface area contributed by atoms with E-state index in [9.17, 15) is 9.90 Å². The van der Waals surface area contributed by atoms with Crippen molar-refractivity contribution in [1.82, 2.24) is 4.90 Å². The molecule has 0 aromatic carbocycles. The number of hydrogen-bond donors (Lipinski definition) is 1. The number of allylic oxidation sites excluding steroid dienone is 3. The molecule has 3 rings (SSSR count). The van der Waals surface area contributed by atoms with Crippen LogP contribution in [0.5, 0.6) is 0 Å². The van der Waals surface area contributed by atoms with Crippen molar-refractivity contribution in [3.63, 3.8) is 0 Å². The molecule has 2 atom stereocenters. The van der Waals surface area contributed by atoms with E-state index in [4.69, 9.17) is 4.74 Å². The lowest BCUT2D eigenvalue weighted by Gasteiger charge is -2.45. The Hall–Kier alpha value is -1.81. The fraction of sp³-hybridized carbons (Fsp3) is 0.667. The maximum Gasteiger partial charge on any atom is 0.303 e. The van der Waals surface area contributed by atoms with Crippen molar-refractivity contribution in [3.05, 3.63) is 47.2 Å². The monoisotopic (exact) mass is 427 g/mol. The van der Waals surface area contributed by atoms with E-state index >= 15 is 0 Å². The van der Waals surface area contributed by atoms with Crippen LogP contribution in [0.3, 0.4) is 0 Å². The minimum atomic E-state index is -0.564. The maximum absolute atomic E-state index is 11.4. The van der Waals surface area contributed by atoms with Crippen LogP contribution in [0, 0.1) is 0 Å². The second-order valence-corrected chi connectivity index (χ2v) is 10.4. The smallest absolute Gasteiger partial charge is 0.303 e. The highest BCUT2D eigenvalue weighted by Gasteiger charge is 2.41. The van der Waals surface area contributed by atoms with E-state index in [-0.39, 0.29) is 17.6 Å². The fourth-order valence-electron chi connectivity index (χ4n) is 5.43. The van der Waals surface area contributed by atoms with E-state index in [0.29, 0.717) is 0 Å². The van der Waals surface area contributed by atoms with Gasteiger partial charge in [0.2, 0.25) is 0 Å². The van der Waals surface area contributed by atoms with E-state index in [1.54, 1.807) is 5.57 Å². The Bertz CT molecular complexity index is 783. The van der Waals surface area contributed by atoms with Gasteiger partial charge >= 0.3 is 5.97 Å². The lowest BCUT2D eigenvalue weighted by molar-refractivity contribution is -0.145. The SMILES string of the molecule is C=C1/C(=C\C=C2/CCC[C@]3(C)C(CCCCC(C)(C)O)=CCN23)CCC[C@@H]1OC(C)=O. The van der Waals surface area contributed by atoms with Crippen LogP contribution >= 0.6 is 0 Å². The number of piperidine rings is 1. The maximum atomic E-state index is 11.4. The normalized spacial score (nSPS) is 29.3. The molecule has 4 nitrogen and oxygen atoms in total. The first-order valence-corrected chi connectivity index (χ1v) is 12.1. The van der Waals surface area contributed by atoms with Crippen LogP contribution in [0.25, 0.3) is 0 Å². The molecule has 0 radical (unpaired) electrons. The molecule has 0 spiro atoms. The molecule has 2 aliphatic heterocycles. The number of esters is 1. The average molecular weight is 428 g/mol. The average Bonchev–Trinajstić information content (AvgIpc) is 3.01. The highest BCUT2D eigenvalue weighted by Crippen LogP contribution is 2.44. The molecule has 1 N–H and O–H groups in total. The molecular formula is C27H41NO3. The van der Waals surface area contributed by atoms with E-state index in [0.717, 1.165) is 63.5 Å². The van der Waals surface area contributed by atoms with Crippen LogP contribution in [-0.4, -0.2) is 39.8 Å². The molecule has 1 saturated heterocycles. The van der Waals surface area contributed by atoms with Gasteiger partial charge in [-0.15, -0.1) is 0 Å². The van der Waals surface area contributed by atoms with Crippen LogP contribution in [0.1, 0.15) is 91.9 Å². The van der Waals surface area contributed by atoms with Crippen molar-refractivity contribution in [2.45, 2.75) is 109 Å². The summed E-state index contributed by atoms with van der Waals surface area (Å²) < 4.78 is 5.46. The van der Waals surface area contributed by atoms with Crippen molar-refractivity contribution in [3.8, 4) is 0 Å².